The molecule has 2 unspecified atom stereocenters. The van der Waals surface area contributed by atoms with Gasteiger partial charge in [-0.1, -0.05) is 32.0 Å². The minimum atomic E-state index is 0.431. The van der Waals surface area contributed by atoms with Crippen LogP contribution in [0.25, 0.3) is 0 Å². The van der Waals surface area contributed by atoms with Gasteiger partial charge in [0.1, 0.15) is 0 Å². The van der Waals surface area contributed by atoms with Crippen molar-refractivity contribution in [2.45, 2.75) is 39.5 Å². The summed E-state index contributed by atoms with van der Waals surface area (Å²) in [6, 6.07) is 6.95. The first kappa shape index (κ1) is 11.7. The number of aryl methyl sites for hydroxylation is 2. The second kappa shape index (κ2) is 4.21. The van der Waals surface area contributed by atoms with Crippen molar-refractivity contribution in [3.05, 3.63) is 34.9 Å². The smallest absolute Gasteiger partial charge is 0.00119 e. The van der Waals surface area contributed by atoms with E-state index in [1.165, 1.54) is 29.7 Å². The normalized spacial score (nSPS) is 28.1. The Balaban J connectivity index is 2.10. The summed E-state index contributed by atoms with van der Waals surface area (Å²) in [4.78, 5) is 0. The van der Waals surface area contributed by atoms with Crippen LogP contribution in [-0.4, -0.2) is 13.1 Å². The zero-order valence-electron chi connectivity index (χ0n) is 10.9. The summed E-state index contributed by atoms with van der Waals surface area (Å²) in [5.41, 5.74) is 4.78. The quantitative estimate of drug-likeness (QED) is 0.816. The lowest BCUT2D eigenvalue weighted by Gasteiger charge is -2.14. The minimum Gasteiger partial charge on any atom is -0.317 e. The molecule has 1 aliphatic carbocycles. The van der Waals surface area contributed by atoms with Crippen LogP contribution in [0.1, 0.15) is 37.0 Å². The lowest BCUT2D eigenvalue weighted by atomic mass is 9.92. The fraction of sp³-hybridized carbons (Fsp3) is 0.600. The molecule has 0 heterocycles. The molecule has 0 spiro atoms. The largest absolute Gasteiger partial charge is 0.317 e. The van der Waals surface area contributed by atoms with Crippen LogP contribution in [0.15, 0.2) is 18.2 Å². The number of rotatable bonds is 4. The lowest BCUT2D eigenvalue weighted by Crippen LogP contribution is -2.19. The highest BCUT2D eigenvalue weighted by atomic mass is 14.9. The molecule has 1 N–H and O–H groups in total. The van der Waals surface area contributed by atoms with Crippen LogP contribution in [0, 0.1) is 19.8 Å². The van der Waals surface area contributed by atoms with Crippen LogP contribution >= 0.6 is 0 Å². The fourth-order valence-corrected chi connectivity index (χ4v) is 2.52. The van der Waals surface area contributed by atoms with E-state index in [4.69, 9.17) is 0 Å². The molecule has 1 heteroatoms. The molecular weight excluding hydrogens is 194 g/mol. The maximum absolute atomic E-state index is 3.46. The van der Waals surface area contributed by atoms with Crippen LogP contribution in [-0.2, 0) is 5.41 Å². The zero-order valence-corrected chi connectivity index (χ0v) is 10.9. The molecule has 0 aromatic heterocycles. The molecule has 1 saturated carbocycles. The second-order valence-electron chi connectivity index (χ2n) is 5.43. The molecule has 88 valence electrons. The molecule has 16 heavy (non-hydrogen) atoms. The van der Waals surface area contributed by atoms with Crippen molar-refractivity contribution in [1.82, 2.24) is 5.32 Å². The van der Waals surface area contributed by atoms with Gasteiger partial charge in [-0.25, -0.2) is 0 Å². The summed E-state index contributed by atoms with van der Waals surface area (Å²) in [7, 11) is 0. The monoisotopic (exact) mass is 217 g/mol. The first-order valence-corrected chi connectivity index (χ1v) is 6.36. The van der Waals surface area contributed by atoms with E-state index in [1.54, 1.807) is 0 Å². The van der Waals surface area contributed by atoms with Crippen molar-refractivity contribution >= 4 is 0 Å². The summed E-state index contributed by atoms with van der Waals surface area (Å²) in [5, 5.41) is 3.46. The maximum atomic E-state index is 3.46. The number of hydrogen-bond acceptors (Lipinski definition) is 1. The van der Waals surface area contributed by atoms with Gasteiger partial charge >= 0.3 is 0 Å². The summed E-state index contributed by atoms with van der Waals surface area (Å²) < 4.78 is 0. The maximum Gasteiger partial charge on any atom is -0.00119 e. The van der Waals surface area contributed by atoms with E-state index in [0.29, 0.717) is 5.41 Å². The highest BCUT2D eigenvalue weighted by molar-refractivity contribution is 5.38. The second-order valence-corrected chi connectivity index (χ2v) is 5.43. The molecule has 2 rings (SSSR count). The van der Waals surface area contributed by atoms with Crippen LogP contribution in [0.2, 0.25) is 0 Å². The van der Waals surface area contributed by atoms with E-state index in [1.807, 2.05) is 0 Å². The van der Waals surface area contributed by atoms with E-state index in [0.717, 1.165) is 12.5 Å². The Morgan fingerprint density at radius 3 is 2.69 bits per heavy atom. The van der Waals surface area contributed by atoms with Crippen LogP contribution in [0.5, 0.6) is 0 Å². The standard InChI is InChI=1S/C15H23N/c1-5-16-10-14-9-15(14,4)13-7-6-11(2)12(3)8-13/h6-8,14,16H,5,9-10H2,1-4H3. The van der Waals surface area contributed by atoms with Crippen molar-refractivity contribution in [1.29, 1.82) is 0 Å². The SMILES string of the molecule is CCNCC1CC1(C)c1ccc(C)c(C)c1. The van der Waals surface area contributed by atoms with Crippen molar-refractivity contribution in [2.24, 2.45) is 5.92 Å². The van der Waals surface area contributed by atoms with Crippen LogP contribution in [0.4, 0.5) is 0 Å². The average molecular weight is 217 g/mol. The van der Waals surface area contributed by atoms with Gasteiger partial charge in [-0.15, -0.1) is 0 Å². The van der Waals surface area contributed by atoms with E-state index in [9.17, 15) is 0 Å². The van der Waals surface area contributed by atoms with Gasteiger partial charge in [-0.2, -0.15) is 0 Å². The van der Waals surface area contributed by atoms with E-state index < -0.39 is 0 Å². The van der Waals surface area contributed by atoms with Crippen molar-refractivity contribution < 1.29 is 0 Å². The van der Waals surface area contributed by atoms with Crippen LogP contribution < -0.4 is 5.32 Å². The van der Waals surface area contributed by atoms with Gasteiger partial charge in [0.15, 0.2) is 0 Å². The molecule has 0 saturated heterocycles. The topological polar surface area (TPSA) is 12.0 Å². The Hall–Kier alpha value is -0.820. The summed E-state index contributed by atoms with van der Waals surface area (Å²) in [5.74, 6) is 0.828. The van der Waals surface area contributed by atoms with Gasteiger partial charge in [0.25, 0.3) is 0 Å². The molecule has 1 aromatic carbocycles. The first-order valence-electron chi connectivity index (χ1n) is 6.36. The highest BCUT2D eigenvalue weighted by Gasteiger charge is 2.50. The van der Waals surface area contributed by atoms with Crippen molar-refractivity contribution in [3.8, 4) is 0 Å². The van der Waals surface area contributed by atoms with Crippen LogP contribution in [0.3, 0.4) is 0 Å². The molecule has 1 aromatic rings. The Morgan fingerprint density at radius 2 is 2.06 bits per heavy atom. The summed E-state index contributed by atoms with van der Waals surface area (Å²) in [6.07, 6.45) is 1.34. The molecule has 2 atom stereocenters. The molecule has 1 fully saturated rings. The average Bonchev–Trinajstić information content (AvgIpc) is 2.92. The third-order valence-electron chi connectivity index (χ3n) is 4.22. The molecule has 0 bridgehead atoms. The first-order chi connectivity index (χ1) is 7.58. The lowest BCUT2D eigenvalue weighted by molar-refractivity contribution is 0.591. The van der Waals surface area contributed by atoms with Gasteiger partial charge in [0.2, 0.25) is 0 Å². The van der Waals surface area contributed by atoms with Crippen molar-refractivity contribution in [3.63, 3.8) is 0 Å². The third-order valence-corrected chi connectivity index (χ3v) is 4.22. The van der Waals surface area contributed by atoms with E-state index in [2.05, 4.69) is 51.2 Å². The minimum absolute atomic E-state index is 0.431. The number of nitrogens with one attached hydrogen (secondary N) is 1. The molecule has 0 radical (unpaired) electrons. The Kier molecular flexibility index (Phi) is 3.07. The molecular formula is C15H23N. The van der Waals surface area contributed by atoms with Gasteiger partial charge in [0.05, 0.1) is 0 Å². The zero-order chi connectivity index (χ0) is 11.8. The predicted octanol–water partition coefficient (Wildman–Crippen LogP) is 3.19. The molecule has 1 aliphatic rings. The Labute approximate surface area is 99.3 Å². The van der Waals surface area contributed by atoms with Gasteiger partial charge in [-0.05, 0) is 61.4 Å². The third kappa shape index (κ3) is 2.01. The summed E-state index contributed by atoms with van der Waals surface area (Å²) >= 11 is 0. The Bertz CT molecular complexity index is 383. The molecule has 0 amide bonds. The molecule has 0 aliphatic heterocycles. The van der Waals surface area contributed by atoms with E-state index >= 15 is 0 Å². The predicted molar refractivity (Wildman–Crippen MR) is 69.9 cm³/mol. The van der Waals surface area contributed by atoms with E-state index in [-0.39, 0.29) is 0 Å². The number of benzene rings is 1. The van der Waals surface area contributed by atoms with Gasteiger partial charge in [0, 0.05) is 0 Å². The van der Waals surface area contributed by atoms with Gasteiger partial charge in [-0.3, -0.25) is 0 Å². The summed E-state index contributed by atoms with van der Waals surface area (Å²) in [6.45, 7) is 11.2. The highest BCUT2D eigenvalue weighted by Crippen LogP contribution is 2.53. The number of hydrogen-bond donors (Lipinski definition) is 1. The fourth-order valence-electron chi connectivity index (χ4n) is 2.52. The van der Waals surface area contributed by atoms with Crippen molar-refractivity contribution in [2.75, 3.05) is 13.1 Å². The Morgan fingerprint density at radius 1 is 1.31 bits per heavy atom. The molecule has 1 nitrogen and oxygen atoms in total. The van der Waals surface area contributed by atoms with Gasteiger partial charge < -0.3 is 5.32 Å².